The first-order valence-corrected chi connectivity index (χ1v) is 7.47. The molecule has 0 bridgehead atoms. The molecule has 0 radical (unpaired) electrons. The Hall–Kier alpha value is -1.23. The number of hydrogen-bond donors (Lipinski definition) is 1. The summed E-state index contributed by atoms with van der Waals surface area (Å²) < 4.78 is 1.08. The molecule has 0 aliphatic heterocycles. The van der Waals surface area contributed by atoms with Gasteiger partial charge < -0.3 is 5.73 Å². The van der Waals surface area contributed by atoms with Crippen molar-refractivity contribution in [2.24, 2.45) is 5.73 Å². The Morgan fingerprint density at radius 2 is 2.00 bits per heavy atom. The van der Waals surface area contributed by atoms with Crippen molar-refractivity contribution in [2.75, 3.05) is 13.6 Å². The maximum atomic E-state index is 5.96. The zero-order chi connectivity index (χ0) is 14.5. The molecular weight excluding hydrogens is 314 g/mol. The molecule has 1 atom stereocenters. The molecule has 1 heterocycles. The minimum Gasteiger partial charge on any atom is -0.329 e. The van der Waals surface area contributed by atoms with Gasteiger partial charge in [-0.25, -0.2) is 0 Å². The van der Waals surface area contributed by atoms with E-state index in [4.69, 9.17) is 5.73 Å². The second-order valence-electron chi connectivity index (χ2n) is 4.99. The van der Waals surface area contributed by atoms with E-state index >= 15 is 0 Å². The van der Waals surface area contributed by atoms with Gasteiger partial charge in [0.25, 0.3) is 0 Å². The summed E-state index contributed by atoms with van der Waals surface area (Å²) in [5, 5.41) is 0. The van der Waals surface area contributed by atoms with Crippen LogP contribution in [0.5, 0.6) is 0 Å². The van der Waals surface area contributed by atoms with Crippen LogP contribution in [0.2, 0.25) is 0 Å². The average Bonchev–Trinajstić information content (AvgIpc) is 2.39. The Labute approximate surface area is 129 Å². The number of rotatable bonds is 5. The Kier molecular flexibility index (Phi) is 5.29. The van der Waals surface area contributed by atoms with Crippen molar-refractivity contribution in [2.45, 2.75) is 19.5 Å². The van der Waals surface area contributed by atoms with E-state index in [1.165, 1.54) is 5.56 Å². The Balaban J connectivity index is 2.15. The summed E-state index contributed by atoms with van der Waals surface area (Å²) in [7, 11) is 2.09. The van der Waals surface area contributed by atoms with Crippen LogP contribution in [-0.2, 0) is 6.54 Å². The quantitative estimate of drug-likeness (QED) is 0.912. The fourth-order valence-electron chi connectivity index (χ4n) is 2.34. The van der Waals surface area contributed by atoms with Gasteiger partial charge in [-0.2, -0.15) is 0 Å². The third-order valence-corrected chi connectivity index (χ3v) is 3.84. The normalized spacial score (nSPS) is 12.7. The molecule has 0 saturated heterocycles. The standard InChI is InChI=1S/C16H20BrN3/c1-12-5-3-8-15(19-12)11-20(2)16(10-18)13-6-4-7-14(17)9-13/h3-9,16H,10-11,18H2,1-2H3. The molecule has 0 fully saturated rings. The second-order valence-corrected chi connectivity index (χ2v) is 5.91. The van der Waals surface area contributed by atoms with Gasteiger partial charge in [-0.15, -0.1) is 0 Å². The largest absolute Gasteiger partial charge is 0.329 e. The highest BCUT2D eigenvalue weighted by Gasteiger charge is 2.16. The van der Waals surface area contributed by atoms with Crippen molar-refractivity contribution >= 4 is 15.9 Å². The van der Waals surface area contributed by atoms with Crippen LogP contribution in [0, 0.1) is 6.92 Å². The van der Waals surface area contributed by atoms with Crippen molar-refractivity contribution in [3.8, 4) is 0 Å². The molecule has 2 N–H and O–H groups in total. The van der Waals surface area contributed by atoms with Gasteiger partial charge in [-0.05, 0) is 43.8 Å². The van der Waals surface area contributed by atoms with Crippen LogP contribution in [-0.4, -0.2) is 23.5 Å². The Morgan fingerprint density at radius 3 is 2.65 bits per heavy atom. The Morgan fingerprint density at radius 1 is 1.25 bits per heavy atom. The van der Waals surface area contributed by atoms with Gasteiger partial charge in [0.15, 0.2) is 0 Å². The number of aromatic nitrogens is 1. The van der Waals surface area contributed by atoms with Crippen molar-refractivity contribution in [3.63, 3.8) is 0 Å². The monoisotopic (exact) mass is 333 g/mol. The molecule has 2 rings (SSSR count). The molecule has 2 aromatic rings. The molecule has 0 aliphatic rings. The molecule has 20 heavy (non-hydrogen) atoms. The first-order chi connectivity index (χ1) is 9.60. The molecular formula is C16H20BrN3. The van der Waals surface area contributed by atoms with Gasteiger partial charge in [0.2, 0.25) is 0 Å². The lowest BCUT2D eigenvalue weighted by Crippen LogP contribution is -2.30. The predicted molar refractivity (Wildman–Crippen MR) is 86.4 cm³/mol. The van der Waals surface area contributed by atoms with Gasteiger partial charge in [-0.1, -0.05) is 34.1 Å². The minimum atomic E-state index is 0.190. The highest BCUT2D eigenvalue weighted by atomic mass is 79.9. The maximum Gasteiger partial charge on any atom is 0.0547 e. The highest BCUT2D eigenvalue weighted by Crippen LogP contribution is 2.23. The fraction of sp³-hybridized carbons (Fsp3) is 0.312. The second kappa shape index (κ2) is 6.97. The smallest absolute Gasteiger partial charge is 0.0547 e. The first kappa shape index (κ1) is 15.2. The summed E-state index contributed by atoms with van der Waals surface area (Å²) >= 11 is 3.51. The number of pyridine rings is 1. The molecule has 1 aromatic heterocycles. The van der Waals surface area contributed by atoms with Crippen LogP contribution in [0.1, 0.15) is 23.0 Å². The zero-order valence-corrected chi connectivity index (χ0v) is 13.5. The Bertz CT molecular complexity index is 571. The molecule has 3 nitrogen and oxygen atoms in total. The van der Waals surface area contributed by atoms with E-state index < -0.39 is 0 Å². The van der Waals surface area contributed by atoms with Crippen LogP contribution in [0.15, 0.2) is 46.9 Å². The van der Waals surface area contributed by atoms with E-state index in [-0.39, 0.29) is 6.04 Å². The third-order valence-electron chi connectivity index (χ3n) is 3.35. The molecule has 0 saturated carbocycles. The number of nitrogens with two attached hydrogens (primary N) is 1. The van der Waals surface area contributed by atoms with E-state index in [1.54, 1.807) is 0 Å². The third kappa shape index (κ3) is 3.88. The summed E-state index contributed by atoms with van der Waals surface area (Å²) in [5.74, 6) is 0. The highest BCUT2D eigenvalue weighted by molar-refractivity contribution is 9.10. The number of aryl methyl sites for hydroxylation is 1. The van der Waals surface area contributed by atoms with Crippen LogP contribution >= 0.6 is 15.9 Å². The lowest BCUT2D eigenvalue weighted by molar-refractivity contribution is 0.239. The number of halogens is 1. The van der Waals surface area contributed by atoms with Crippen molar-refractivity contribution in [1.82, 2.24) is 9.88 Å². The molecule has 4 heteroatoms. The number of likely N-dealkylation sites (N-methyl/N-ethyl adjacent to an activating group) is 1. The maximum absolute atomic E-state index is 5.96. The summed E-state index contributed by atoms with van der Waals surface area (Å²) in [6.45, 7) is 3.38. The van der Waals surface area contributed by atoms with E-state index in [0.29, 0.717) is 6.54 Å². The molecule has 1 aromatic carbocycles. The van der Waals surface area contributed by atoms with Crippen molar-refractivity contribution in [1.29, 1.82) is 0 Å². The predicted octanol–water partition coefficient (Wildman–Crippen LogP) is 3.28. The van der Waals surface area contributed by atoms with Gasteiger partial charge in [0, 0.05) is 29.3 Å². The minimum absolute atomic E-state index is 0.190. The number of hydrogen-bond acceptors (Lipinski definition) is 3. The lowest BCUT2D eigenvalue weighted by Gasteiger charge is -2.27. The number of nitrogens with zero attached hydrogens (tertiary/aromatic N) is 2. The van der Waals surface area contributed by atoms with Crippen molar-refractivity contribution < 1.29 is 0 Å². The first-order valence-electron chi connectivity index (χ1n) is 6.68. The lowest BCUT2D eigenvalue weighted by atomic mass is 10.1. The molecule has 0 amide bonds. The molecule has 0 spiro atoms. The SMILES string of the molecule is Cc1cccc(CN(C)C(CN)c2cccc(Br)c2)n1. The van der Waals surface area contributed by atoms with Crippen LogP contribution in [0.25, 0.3) is 0 Å². The van der Waals surface area contributed by atoms with E-state index in [9.17, 15) is 0 Å². The molecule has 0 aliphatic carbocycles. The van der Waals surface area contributed by atoms with Gasteiger partial charge in [0.1, 0.15) is 0 Å². The molecule has 106 valence electrons. The van der Waals surface area contributed by atoms with E-state index in [1.807, 2.05) is 31.2 Å². The van der Waals surface area contributed by atoms with Crippen LogP contribution < -0.4 is 5.73 Å². The average molecular weight is 334 g/mol. The fourth-order valence-corrected chi connectivity index (χ4v) is 2.75. The van der Waals surface area contributed by atoms with Gasteiger partial charge in [-0.3, -0.25) is 9.88 Å². The summed E-state index contributed by atoms with van der Waals surface area (Å²) in [4.78, 5) is 6.79. The topological polar surface area (TPSA) is 42.1 Å². The van der Waals surface area contributed by atoms with Crippen molar-refractivity contribution in [3.05, 3.63) is 63.9 Å². The van der Waals surface area contributed by atoms with Gasteiger partial charge >= 0.3 is 0 Å². The molecule has 1 unspecified atom stereocenters. The van der Waals surface area contributed by atoms with Crippen LogP contribution in [0.4, 0.5) is 0 Å². The van der Waals surface area contributed by atoms with E-state index in [2.05, 4.69) is 51.1 Å². The summed E-state index contributed by atoms with van der Waals surface area (Å²) in [5.41, 5.74) is 9.30. The van der Waals surface area contributed by atoms with E-state index in [0.717, 1.165) is 22.4 Å². The summed E-state index contributed by atoms with van der Waals surface area (Å²) in [6.07, 6.45) is 0. The number of benzene rings is 1. The van der Waals surface area contributed by atoms with Gasteiger partial charge in [0.05, 0.1) is 5.69 Å². The van der Waals surface area contributed by atoms with Crippen LogP contribution in [0.3, 0.4) is 0 Å². The summed E-state index contributed by atoms with van der Waals surface area (Å²) in [6, 6.07) is 14.6. The zero-order valence-electron chi connectivity index (χ0n) is 11.9.